The highest BCUT2D eigenvalue weighted by atomic mass is 16.6. The number of aliphatic hydroxyl groups excluding tert-OH is 1. The van der Waals surface area contributed by atoms with Crippen LogP contribution in [0.15, 0.2) is 18.2 Å². The average Bonchev–Trinajstić information content (AvgIpc) is 3.04. The Hall–Kier alpha value is -1.26. The summed E-state index contributed by atoms with van der Waals surface area (Å²) in [5, 5.41) is 9.02. The summed E-state index contributed by atoms with van der Waals surface area (Å²) in [6, 6.07) is 5.77. The van der Waals surface area contributed by atoms with Crippen LogP contribution in [0.5, 0.6) is 11.5 Å². The highest BCUT2D eigenvalue weighted by molar-refractivity contribution is 5.43. The molecule has 4 nitrogen and oxygen atoms in total. The normalized spacial score (nSPS) is 26.1. The Bertz CT molecular complexity index is 387. The zero-order valence-corrected chi connectivity index (χ0v) is 8.89. The fourth-order valence-corrected chi connectivity index (χ4v) is 1.84. The van der Waals surface area contributed by atoms with E-state index in [1.165, 1.54) is 0 Å². The number of hydrogen-bond acceptors (Lipinski definition) is 4. The summed E-state index contributed by atoms with van der Waals surface area (Å²) < 4.78 is 16.2. The molecule has 3 rings (SSSR count). The van der Waals surface area contributed by atoms with Gasteiger partial charge >= 0.3 is 0 Å². The molecule has 0 aliphatic carbocycles. The zero-order chi connectivity index (χ0) is 11.0. The Morgan fingerprint density at radius 2 is 2.25 bits per heavy atom. The Kier molecular flexibility index (Phi) is 2.46. The Morgan fingerprint density at radius 3 is 3.00 bits per heavy atom. The molecule has 1 aromatic carbocycles. The van der Waals surface area contributed by atoms with Gasteiger partial charge in [-0.15, -0.1) is 0 Å². The van der Waals surface area contributed by atoms with Gasteiger partial charge < -0.3 is 19.3 Å². The standard InChI is InChI=1S/C12H14O4/c13-5-10-4-8-3-9(1-2-12(8)16-10)14-6-11-7-15-11/h1-3,10-11,13H,4-7H2. The molecule has 2 aliphatic rings. The van der Waals surface area contributed by atoms with Crippen LogP contribution in [-0.4, -0.2) is 37.1 Å². The van der Waals surface area contributed by atoms with Gasteiger partial charge in [0.05, 0.1) is 13.2 Å². The van der Waals surface area contributed by atoms with Crippen LogP contribution in [-0.2, 0) is 11.2 Å². The van der Waals surface area contributed by atoms with Crippen molar-refractivity contribution in [3.63, 3.8) is 0 Å². The average molecular weight is 222 g/mol. The van der Waals surface area contributed by atoms with Crippen LogP contribution in [0.2, 0.25) is 0 Å². The van der Waals surface area contributed by atoms with E-state index in [0.717, 1.165) is 30.1 Å². The third kappa shape index (κ3) is 1.99. The molecule has 0 spiro atoms. The van der Waals surface area contributed by atoms with Crippen molar-refractivity contribution < 1.29 is 19.3 Å². The largest absolute Gasteiger partial charge is 0.491 e. The minimum absolute atomic E-state index is 0.0563. The van der Waals surface area contributed by atoms with E-state index < -0.39 is 0 Å². The number of aliphatic hydroxyl groups is 1. The molecular formula is C12H14O4. The predicted octanol–water partition coefficient (Wildman–Crippen LogP) is 0.760. The van der Waals surface area contributed by atoms with Crippen molar-refractivity contribution in [2.75, 3.05) is 19.8 Å². The summed E-state index contributed by atoms with van der Waals surface area (Å²) in [5.74, 6) is 1.70. The number of ether oxygens (including phenoxy) is 3. The second-order valence-electron chi connectivity index (χ2n) is 4.16. The lowest BCUT2D eigenvalue weighted by Gasteiger charge is -2.06. The molecule has 2 unspecified atom stereocenters. The van der Waals surface area contributed by atoms with Crippen molar-refractivity contribution in [2.45, 2.75) is 18.6 Å². The summed E-state index contributed by atoms with van der Waals surface area (Å²) in [6.07, 6.45) is 0.926. The van der Waals surface area contributed by atoms with Gasteiger partial charge in [-0.05, 0) is 18.2 Å². The third-order valence-corrected chi connectivity index (χ3v) is 2.82. The number of benzene rings is 1. The van der Waals surface area contributed by atoms with Crippen LogP contribution in [0.3, 0.4) is 0 Å². The second-order valence-corrected chi connectivity index (χ2v) is 4.16. The summed E-state index contributed by atoms with van der Waals surface area (Å²) in [4.78, 5) is 0. The molecule has 4 heteroatoms. The number of epoxide rings is 1. The molecule has 1 saturated heterocycles. The van der Waals surface area contributed by atoms with E-state index in [9.17, 15) is 0 Å². The van der Waals surface area contributed by atoms with Crippen LogP contribution in [0.25, 0.3) is 0 Å². The zero-order valence-electron chi connectivity index (χ0n) is 8.89. The van der Waals surface area contributed by atoms with Gasteiger partial charge in [-0.1, -0.05) is 0 Å². The lowest BCUT2D eigenvalue weighted by Crippen LogP contribution is -2.17. The van der Waals surface area contributed by atoms with Crippen molar-refractivity contribution >= 4 is 0 Å². The van der Waals surface area contributed by atoms with E-state index in [2.05, 4.69) is 0 Å². The molecule has 1 fully saturated rings. The minimum Gasteiger partial charge on any atom is -0.491 e. The third-order valence-electron chi connectivity index (χ3n) is 2.82. The monoisotopic (exact) mass is 222 g/mol. The molecule has 2 aliphatic heterocycles. The van der Waals surface area contributed by atoms with Crippen LogP contribution in [0.1, 0.15) is 5.56 Å². The Balaban J connectivity index is 1.68. The van der Waals surface area contributed by atoms with Crippen LogP contribution >= 0.6 is 0 Å². The minimum atomic E-state index is -0.1000. The molecule has 0 saturated carbocycles. The second kappa shape index (κ2) is 3.96. The summed E-state index contributed by atoms with van der Waals surface area (Å²) >= 11 is 0. The maximum atomic E-state index is 9.02. The molecule has 0 bridgehead atoms. The first-order valence-corrected chi connectivity index (χ1v) is 5.50. The van der Waals surface area contributed by atoms with Gasteiger partial charge in [0.15, 0.2) is 0 Å². The van der Waals surface area contributed by atoms with Gasteiger partial charge in [0.25, 0.3) is 0 Å². The molecule has 1 aromatic rings. The number of hydrogen-bond donors (Lipinski definition) is 1. The molecule has 0 amide bonds. The van der Waals surface area contributed by atoms with E-state index in [0.29, 0.717) is 6.61 Å². The van der Waals surface area contributed by atoms with Crippen molar-refractivity contribution in [2.24, 2.45) is 0 Å². The number of fused-ring (bicyclic) bond motifs is 1. The van der Waals surface area contributed by atoms with E-state index in [4.69, 9.17) is 19.3 Å². The molecular weight excluding hydrogens is 208 g/mol. The van der Waals surface area contributed by atoms with Crippen molar-refractivity contribution in [1.82, 2.24) is 0 Å². The van der Waals surface area contributed by atoms with Crippen molar-refractivity contribution in [1.29, 1.82) is 0 Å². The quantitative estimate of drug-likeness (QED) is 0.764. The van der Waals surface area contributed by atoms with Gasteiger partial charge in [-0.3, -0.25) is 0 Å². The molecule has 0 radical (unpaired) electrons. The molecule has 2 atom stereocenters. The van der Waals surface area contributed by atoms with Crippen LogP contribution < -0.4 is 9.47 Å². The SMILES string of the molecule is OCC1Cc2cc(OCC3CO3)ccc2O1. The fraction of sp³-hybridized carbons (Fsp3) is 0.500. The van der Waals surface area contributed by atoms with Crippen LogP contribution in [0, 0.1) is 0 Å². The molecule has 1 N–H and O–H groups in total. The summed E-state index contributed by atoms with van der Waals surface area (Å²) in [5.41, 5.74) is 1.10. The molecule has 2 heterocycles. The highest BCUT2D eigenvalue weighted by Crippen LogP contribution is 2.32. The molecule has 86 valence electrons. The van der Waals surface area contributed by atoms with Gasteiger partial charge in [-0.25, -0.2) is 0 Å². The predicted molar refractivity (Wildman–Crippen MR) is 56.9 cm³/mol. The van der Waals surface area contributed by atoms with Gasteiger partial charge in [0.1, 0.15) is 30.3 Å². The maximum absolute atomic E-state index is 9.02. The smallest absolute Gasteiger partial charge is 0.126 e. The van der Waals surface area contributed by atoms with E-state index in [1.54, 1.807) is 0 Å². The highest BCUT2D eigenvalue weighted by Gasteiger charge is 2.25. The fourth-order valence-electron chi connectivity index (χ4n) is 1.84. The van der Waals surface area contributed by atoms with Gasteiger partial charge in [0.2, 0.25) is 0 Å². The number of rotatable bonds is 4. The van der Waals surface area contributed by atoms with Crippen LogP contribution in [0.4, 0.5) is 0 Å². The van der Waals surface area contributed by atoms with E-state index in [-0.39, 0.29) is 18.8 Å². The Morgan fingerprint density at radius 1 is 1.38 bits per heavy atom. The van der Waals surface area contributed by atoms with E-state index >= 15 is 0 Å². The Labute approximate surface area is 93.7 Å². The topological polar surface area (TPSA) is 51.2 Å². The summed E-state index contributed by atoms with van der Waals surface area (Å²) in [7, 11) is 0. The first kappa shape index (κ1) is 9.93. The van der Waals surface area contributed by atoms with E-state index in [1.807, 2.05) is 18.2 Å². The van der Waals surface area contributed by atoms with Crippen molar-refractivity contribution in [3.8, 4) is 11.5 Å². The first-order valence-electron chi connectivity index (χ1n) is 5.50. The van der Waals surface area contributed by atoms with Gasteiger partial charge in [-0.2, -0.15) is 0 Å². The summed E-state index contributed by atoms with van der Waals surface area (Å²) in [6.45, 7) is 1.48. The lowest BCUT2D eigenvalue weighted by molar-refractivity contribution is 0.134. The molecule has 16 heavy (non-hydrogen) atoms. The molecule has 0 aromatic heterocycles. The van der Waals surface area contributed by atoms with Gasteiger partial charge in [0, 0.05) is 12.0 Å². The maximum Gasteiger partial charge on any atom is 0.126 e. The lowest BCUT2D eigenvalue weighted by atomic mass is 10.1. The van der Waals surface area contributed by atoms with Crippen molar-refractivity contribution in [3.05, 3.63) is 23.8 Å². The first-order chi connectivity index (χ1) is 7.85.